The molecule has 0 fully saturated rings. The summed E-state index contributed by atoms with van der Waals surface area (Å²) in [5.41, 5.74) is 3.36. The Morgan fingerprint density at radius 1 is 0.960 bits per heavy atom. The molecule has 0 spiro atoms. The van der Waals surface area contributed by atoms with Crippen molar-refractivity contribution in [1.29, 1.82) is 0 Å². The summed E-state index contributed by atoms with van der Waals surface area (Å²) in [6.07, 6.45) is 1.44. The molecule has 25 heavy (non-hydrogen) atoms. The summed E-state index contributed by atoms with van der Waals surface area (Å²) in [5, 5.41) is 0. The first-order valence-corrected chi connectivity index (χ1v) is 7.71. The van der Waals surface area contributed by atoms with Crippen LogP contribution < -0.4 is 14.2 Å². The van der Waals surface area contributed by atoms with Gasteiger partial charge < -0.3 is 18.9 Å². The Kier molecular flexibility index (Phi) is 6.06. The molecule has 0 amide bonds. The predicted octanol–water partition coefficient (Wildman–Crippen LogP) is 3.96. The van der Waals surface area contributed by atoms with Gasteiger partial charge in [0.15, 0.2) is 11.5 Å². The number of esters is 1. The van der Waals surface area contributed by atoms with Gasteiger partial charge >= 0.3 is 5.97 Å². The van der Waals surface area contributed by atoms with Crippen LogP contribution in [-0.4, -0.2) is 34.4 Å². The third-order valence-electron chi connectivity index (χ3n) is 3.85. The lowest BCUT2D eigenvalue weighted by Gasteiger charge is -2.16. The number of hydrogen-bond donors (Lipinski definition) is 0. The molecule has 0 aliphatic rings. The predicted molar refractivity (Wildman–Crippen MR) is 97.2 cm³/mol. The second-order valence-electron chi connectivity index (χ2n) is 5.34. The molecule has 0 aliphatic heterocycles. The molecular weight excluding hydrogens is 320 g/mol. The molecule has 132 valence electrons. The number of methoxy groups -OCH3 is 4. The Hall–Kier alpha value is -2.95. The minimum atomic E-state index is -0.407. The largest absolute Gasteiger partial charge is 0.497 e. The molecule has 0 saturated heterocycles. The molecule has 0 aromatic heterocycles. The first-order valence-electron chi connectivity index (χ1n) is 7.71. The number of rotatable bonds is 6. The fourth-order valence-electron chi connectivity index (χ4n) is 2.52. The molecule has 2 aromatic rings. The van der Waals surface area contributed by atoms with E-state index < -0.39 is 5.97 Å². The molecule has 0 atom stereocenters. The number of benzene rings is 2. The number of allylic oxidation sites excluding steroid dienone is 1. The Morgan fingerprint density at radius 2 is 1.72 bits per heavy atom. The van der Waals surface area contributed by atoms with E-state index in [4.69, 9.17) is 18.9 Å². The SMILES string of the molecule is COC(=O)/C=C(\C)c1cc(OC)c(OC)c(-c2cccc(OC)c2)c1. The van der Waals surface area contributed by atoms with Crippen LogP contribution in [0.4, 0.5) is 0 Å². The zero-order chi connectivity index (χ0) is 18.4. The minimum absolute atomic E-state index is 0.407. The summed E-state index contributed by atoms with van der Waals surface area (Å²) in [7, 11) is 6.15. The van der Waals surface area contributed by atoms with Crippen molar-refractivity contribution in [3.63, 3.8) is 0 Å². The van der Waals surface area contributed by atoms with E-state index in [-0.39, 0.29) is 0 Å². The standard InChI is InChI=1S/C20H22O5/c1-13(9-19(21)24-4)15-11-17(20(25-5)18(12-15)23-3)14-7-6-8-16(10-14)22-2/h6-12H,1-5H3/b13-9+. The Morgan fingerprint density at radius 3 is 2.32 bits per heavy atom. The second-order valence-corrected chi connectivity index (χ2v) is 5.34. The Balaban J connectivity index is 2.66. The molecule has 0 aliphatic carbocycles. The highest BCUT2D eigenvalue weighted by Gasteiger charge is 2.16. The summed E-state index contributed by atoms with van der Waals surface area (Å²) < 4.78 is 21.0. The number of ether oxygens (including phenoxy) is 4. The molecule has 0 N–H and O–H groups in total. The van der Waals surface area contributed by atoms with Gasteiger partial charge in [0.1, 0.15) is 5.75 Å². The molecule has 0 unspecified atom stereocenters. The van der Waals surface area contributed by atoms with Gasteiger partial charge in [0, 0.05) is 11.6 Å². The third kappa shape index (κ3) is 4.12. The maximum absolute atomic E-state index is 11.5. The normalized spacial score (nSPS) is 11.0. The second kappa shape index (κ2) is 8.24. The van der Waals surface area contributed by atoms with Crippen molar-refractivity contribution in [2.45, 2.75) is 6.92 Å². The highest BCUT2D eigenvalue weighted by molar-refractivity contribution is 5.92. The van der Waals surface area contributed by atoms with Crippen LogP contribution in [0.3, 0.4) is 0 Å². The van der Waals surface area contributed by atoms with Crippen LogP contribution in [0.5, 0.6) is 17.2 Å². The van der Waals surface area contributed by atoms with Crippen LogP contribution in [-0.2, 0) is 9.53 Å². The average Bonchev–Trinajstić information content (AvgIpc) is 2.66. The summed E-state index contributed by atoms with van der Waals surface area (Å²) in [5.74, 6) is 1.53. The van der Waals surface area contributed by atoms with E-state index in [1.807, 2.05) is 43.3 Å². The average molecular weight is 342 g/mol. The van der Waals surface area contributed by atoms with Crippen molar-refractivity contribution >= 4 is 11.5 Å². The Labute approximate surface area is 147 Å². The van der Waals surface area contributed by atoms with E-state index in [1.165, 1.54) is 13.2 Å². The quantitative estimate of drug-likeness (QED) is 0.587. The van der Waals surface area contributed by atoms with E-state index in [2.05, 4.69) is 0 Å². The molecule has 5 nitrogen and oxygen atoms in total. The van der Waals surface area contributed by atoms with Crippen molar-refractivity contribution in [2.24, 2.45) is 0 Å². The molecule has 0 bridgehead atoms. The molecule has 0 saturated carbocycles. The summed E-state index contributed by atoms with van der Waals surface area (Å²) in [6.45, 7) is 1.84. The van der Waals surface area contributed by atoms with Crippen molar-refractivity contribution in [3.05, 3.63) is 48.0 Å². The number of hydrogen-bond acceptors (Lipinski definition) is 5. The van der Waals surface area contributed by atoms with Crippen molar-refractivity contribution in [1.82, 2.24) is 0 Å². The number of carbonyl (C=O) groups excluding carboxylic acids is 1. The molecule has 0 radical (unpaired) electrons. The highest BCUT2D eigenvalue weighted by Crippen LogP contribution is 2.41. The van der Waals surface area contributed by atoms with Gasteiger partial charge in [-0.3, -0.25) is 0 Å². The molecule has 5 heteroatoms. The fourth-order valence-corrected chi connectivity index (χ4v) is 2.52. The van der Waals surface area contributed by atoms with Gasteiger partial charge in [0.25, 0.3) is 0 Å². The van der Waals surface area contributed by atoms with E-state index in [0.29, 0.717) is 11.5 Å². The van der Waals surface area contributed by atoms with Gasteiger partial charge in [-0.05, 0) is 47.9 Å². The number of carbonyl (C=O) groups is 1. The van der Waals surface area contributed by atoms with Gasteiger partial charge in [-0.25, -0.2) is 4.79 Å². The Bertz CT molecular complexity index is 793. The highest BCUT2D eigenvalue weighted by atomic mass is 16.5. The maximum atomic E-state index is 11.5. The minimum Gasteiger partial charge on any atom is -0.497 e. The van der Waals surface area contributed by atoms with Crippen LogP contribution >= 0.6 is 0 Å². The fraction of sp³-hybridized carbons (Fsp3) is 0.250. The summed E-state index contributed by atoms with van der Waals surface area (Å²) >= 11 is 0. The topological polar surface area (TPSA) is 54.0 Å². The monoisotopic (exact) mass is 342 g/mol. The molecular formula is C20H22O5. The van der Waals surface area contributed by atoms with Crippen molar-refractivity contribution in [3.8, 4) is 28.4 Å². The van der Waals surface area contributed by atoms with Crippen molar-refractivity contribution in [2.75, 3.05) is 28.4 Å². The first kappa shape index (κ1) is 18.4. The maximum Gasteiger partial charge on any atom is 0.330 e. The zero-order valence-electron chi connectivity index (χ0n) is 15.1. The van der Waals surface area contributed by atoms with Crippen LogP contribution in [0.1, 0.15) is 12.5 Å². The lowest BCUT2D eigenvalue weighted by atomic mass is 9.97. The molecule has 2 aromatic carbocycles. The van der Waals surface area contributed by atoms with E-state index in [9.17, 15) is 4.79 Å². The van der Waals surface area contributed by atoms with Crippen LogP contribution in [0.15, 0.2) is 42.5 Å². The van der Waals surface area contributed by atoms with E-state index in [1.54, 1.807) is 21.3 Å². The molecule has 0 heterocycles. The van der Waals surface area contributed by atoms with Crippen molar-refractivity contribution < 1.29 is 23.7 Å². The lowest BCUT2D eigenvalue weighted by Crippen LogP contribution is -1.98. The smallest absolute Gasteiger partial charge is 0.330 e. The molecule has 2 rings (SSSR count). The van der Waals surface area contributed by atoms with Gasteiger partial charge in [-0.15, -0.1) is 0 Å². The third-order valence-corrected chi connectivity index (χ3v) is 3.85. The van der Waals surface area contributed by atoms with Gasteiger partial charge in [-0.1, -0.05) is 12.1 Å². The summed E-state index contributed by atoms with van der Waals surface area (Å²) in [6, 6.07) is 11.4. The van der Waals surface area contributed by atoms with Crippen LogP contribution in [0, 0.1) is 0 Å². The summed E-state index contributed by atoms with van der Waals surface area (Å²) in [4.78, 5) is 11.5. The van der Waals surface area contributed by atoms with E-state index in [0.717, 1.165) is 28.0 Å². The first-order chi connectivity index (χ1) is 12.0. The van der Waals surface area contributed by atoms with Gasteiger partial charge in [-0.2, -0.15) is 0 Å². The zero-order valence-corrected chi connectivity index (χ0v) is 15.1. The lowest BCUT2D eigenvalue weighted by molar-refractivity contribution is -0.134. The van der Waals surface area contributed by atoms with Crippen LogP contribution in [0.25, 0.3) is 16.7 Å². The van der Waals surface area contributed by atoms with E-state index >= 15 is 0 Å². The van der Waals surface area contributed by atoms with Gasteiger partial charge in [0.2, 0.25) is 0 Å². The van der Waals surface area contributed by atoms with Gasteiger partial charge in [0.05, 0.1) is 28.4 Å². The van der Waals surface area contributed by atoms with Crippen LogP contribution in [0.2, 0.25) is 0 Å².